The highest BCUT2D eigenvalue weighted by molar-refractivity contribution is 7.12. The number of rotatable bonds is 3. The Hall–Kier alpha value is -2.01. The topological polar surface area (TPSA) is 47.8 Å². The minimum atomic E-state index is 0.108. The van der Waals surface area contributed by atoms with Crippen molar-refractivity contribution in [2.24, 2.45) is 7.05 Å². The Morgan fingerprint density at radius 1 is 1.38 bits per heavy atom. The van der Waals surface area contributed by atoms with Crippen molar-refractivity contribution >= 4 is 28.2 Å². The molecule has 0 radical (unpaired) electrons. The summed E-state index contributed by atoms with van der Waals surface area (Å²) in [5, 5.41) is 6.35. The largest absolute Gasteiger partial charge is 0.294 e. The van der Waals surface area contributed by atoms with Gasteiger partial charge in [0.2, 0.25) is 0 Å². The van der Waals surface area contributed by atoms with E-state index in [0.717, 1.165) is 27.2 Å². The van der Waals surface area contributed by atoms with E-state index in [1.165, 1.54) is 29.7 Å². The van der Waals surface area contributed by atoms with E-state index in [1.807, 2.05) is 29.4 Å². The quantitative estimate of drug-likeness (QED) is 0.691. The summed E-state index contributed by atoms with van der Waals surface area (Å²) in [7, 11) is 1.97. The fourth-order valence-electron chi connectivity index (χ4n) is 2.73. The lowest BCUT2D eigenvalue weighted by Gasteiger charge is -2.06. The summed E-state index contributed by atoms with van der Waals surface area (Å²) < 4.78 is 1.91. The molecule has 1 aliphatic rings. The molecule has 21 heavy (non-hydrogen) atoms. The molecule has 0 atom stereocenters. The van der Waals surface area contributed by atoms with E-state index in [4.69, 9.17) is 4.98 Å². The van der Waals surface area contributed by atoms with E-state index in [9.17, 15) is 4.79 Å². The molecule has 5 heteroatoms. The maximum absolute atomic E-state index is 11.5. The van der Waals surface area contributed by atoms with Crippen LogP contribution < -0.4 is 0 Å². The van der Waals surface area contributed by atoms with Gasteiger partial charge in [-0.2, -0.15) is 5.10 Å². The van der Waals surface area contributed by atoms with Gasteiger partial charge in [-0.3, -0.25) is 9.48 Å². The first-order valence-electron chi connectivity index (χ1n) is 7.06. The fraction of sp³-hybridized carbons (Fsp3) is 0.312. The van der Waals surface area contributed by atoms with Gasteiger partial charge in [-0.1, -0.05) is 0 Å². The molecule has 0 spiro atoms. The molecule has 3 heterocycles. The summed E-state index contributed by atoms with van der Waals surface area (Å²) in [5.74, 6) is 0.742. The monoisotopic (exact) mass is 297 g/mol. The molecule has 3 aromatic rings. The molecule has 1 aliphatic carbocycles. The molecule has 4 nitrogen and oxygen atoms in total. The minimum absolute atomic E-state index is 0.108. The van der Waals surface area contributed by atoms with Gasteiger partial charge in [0.15, 0.2) is 5.78 Å². The summed E-state index contributed by atoms with van der Waals surface area (Å²) >= 11 is 1.48. The lowest BCUT2D eigenvalue weighted by atomic mass is 10.1. The van der Waals surface area contributed by atoms with Crippen LogP contribution >= 0.6 is 11.3 Å². The average molecular weight is 297 g/mol. The molecule has 1 fully saturated rings. The second-order valence-corrected chi connectivity index (χ2v) is 6.54. The van der Waals surface area contributed by atoms with Crippen molar-refractivity contribution in [2.75, 3.05) is 0 Å². The minimum Gasteiger partial charge on any atom is -0.294 e. The van der Waals surface area contributed by atoms with Gasteiger partial charge in [-0.15, -0.1) is 11.3 Å². The maximum atomic E-state index is 11.5. The molecular weight excluding hydrogens is 282 g/mol. The van der Waals surface area contributed by atoms with Crippen LogP contribution in [-0.2, 0) is 7.05 Å². The van der Waals surface area contributed by atoms with E-state index in [-0.39, 0.29) is 5.78 Å². The van der Waals surface area contributed by atoms with Gasteiger partial charge in [0, 0.05) is 18.0 Å². The normalized spacial score (nSPS) is 14.8. The van der Waals surface area contributed by atoms with Gasteiger partial charge in [0.05, 0.1) is 22.3 Å². The number of hydrogen-bond donors (Lipinski definition) is 0. The van der Waals surface area contributed by atoms with Gasteiger partial charge in [-0.25, -0.2) is 4.98 Å². The van der Waals surface area contributed by atoms with E-state index in [0.29, 0.717) is 5.92 Å². The molecule has 3 aromatic heterocycles. The highest BCUT2D eigenvalue weighted by Gasteiger charge is 2.28. The van der Waals surface area contributed by atoms with Crippen LogP contribution in [-0.4, -0.2) is 20.5 Å². The van der Waals surface area contributed by atoms with Crippen LogP contribution in [0.5, 0.6) is 0 Å². The van der Waals surface area contributed by atoms with Gasteiger partial charge in [0.25, 0.3) is 0 Å². The Morgan fingerprint density at radius 2 is 2.19 bits per heavy atom. The van der Waals surface area contributed by atoms with Gasteiger partial charge in [0.1, 0.15) is 5.52 Å². The third kappa shape index (κ3) is 2.08. The second kappa shape index (κ2) is 4.49. The fourth-order valence-corrected chi connectivity index (χ4v) is 3.53. The van der Waals surface area contributed by atoms with Crippen molar-refractivity contribution in [3.63, 3.8) is 0 Å². The zero-order valence-electron chi connectivity index (χ0n) is 12.0. The summed E-state index contributed by atoms with van der Waals surface area (Å²) in [6.07, 6.45) is 4.31. The summed E-state index contributed by atoms with van der Waals surface area (Å²) in [5.41, 5.74) is 5.39. The van der Waals surface area contributed by atoms with Crippen molar-refractivity contribution in [3.05, 3.63) is 34.2 Å². The number of carbonyl (C=O) groups is 1. The third-order valence-corrected chi connectivity index (χ3v) is 5.02. The maximum Gasteiger partial charge on any atom is 0.169 e. The molecule has 0 amide bonds. The standard InChI is InChI=1S/C16H15N3OS/c1-9(20)15-5-11(8-21-15)13-6-12(10-3-4-10)16-14(18-13)7-17-19(16)2/h5-8,10H,3-4H2,1-2H3. The molecule has 106 valence electrons. The van der Waals surface area contributed by atoms with Gasteiger partial charge in [-0.05, 0) is 43.4 Å². The highest BCUT2D eigenvalue weighted by Crippen LogP contribution is 2.44. The van der Waals surface area contributed by atoms with Gasteiger partial charge < -0.3 is 0 Å². The van der Waals surface area contributed by atoms with Crippen LogP contribution in [0.4, 0.5) is 0 Å². The Labute approximate surface area is 126 Å². The number of pyridine rings is 1. The first-order valence-corrected chi connectivity index (χ1v) is 7.94. The summed E-state index contributed by atoms with van der Waals surface area (Å²) in [4.78, 5) is 17.0. The Balaban J connectivity index is 1.90. The third-order valence-electron chi connectivity index (χ3n) is 3.99. The number of ketones is 1. The van der Waals surface area contributed by atoms with Crippen LogP contribution in [0.1, 0.15) is 40.9 Å². The lowest BCUT2D eigenvalue weighted by molar-refractivity contribution is 0.102. The Morgan fingerprint density at radius 3 is 2.86 bits per heavy atom. The van der Waals surface area contributed by atoms with E-state index in [1.54, 1.807) is 6.92 Å². The number of fused-ring (bicyclic) bond motifs is 1. The molecule has 0 saturated heterocycles. The Bertz CT molecular complexity index is 858. The Kier molecular flexibility index (Phi) is 2.72. The van der Waals surface area contributed by atoms with E-state index >= 15 is 0 Å². The molecular formula is C16H15N3OS. The molecule has 4 rings (SSSR count). The zero-order valence-corrected chi connectivity index (χ0v) is 12.8. The first-order chi connectivity index (χ1) is 10.1. The van der Waals surface area contributed by atoms with Crippen LogP contribution in [0, 0.1) is 0 Å². The average Bonchev–Trinajstić information content (AvgIpc) is 3.06. The predicted octanol–water partition coefficient (Wildman–Crippen LogP) is 3.78. The van der Waals surface area contributed by atoms with Crippen LogP contribution in [0.25, 0.3) is 22.3 Å². The van der Waals surface area contributed by atoms with Crippen molar-refractivity contribution in [1.82, 2.24) is 14.8 Å². The summed E-state index contributed by atoms with van der Waals surface area (Å²) in [6.45, 7) is 1.60. The molecule has 0 bridgehead atoms. The number of aryl methyl sites for hydroxylation is 1. The zero-order chi connectivity index (χ0) is 14.6. The number of hydrogen-bond acceptors (Lipinski definition) is 4. The van der Waals surface area contributed by atoms with Crippen molar-refractivity contribution in [2.45, 2.75) is 25.7 Å². The second-order valence-electron chi connectivity index (χ2n) is 5.63. The van der Waals surface area contributed by atoms with Gasteiger partial charge >= 0.3 is 0 Å². The van der Waals surface area contributed by atoms with Crippen molar-refractivity contribution in [3.8, 4) is 11.3 Å². The molecule has 1 saturated carbocycles. The molecule has 0 N–H and O–H groups in total. The van der Waals surface area contributed by atoms with Crippen molar-refractivity contribution < 1.29 is 4.79 Å². The molecule has 0 aliphatic heterocycles. The van der Waals surface area contributed by atoms with Crippen LogP contribution in [0.2, 0.25) is 0 Å². The number of carbonyl (C=O) groups excluding carboxylic acids is 1. The number of nitrogens with zero attached hydrogens (tertiary/aromatic N) is 3. The molecule has 0 unspecified atom stereocenters. The van der Waals surface area contributed by atoms with Crippen LogP contribution in [0.15, 0.2) is 23.7 Å². The van der Waals surface area contributed by atoms with Crippen LogP contribution in [0.3, 0.4) is 0 Å². The number of aromatic nitrogens is 3. The van der Waals surface area contributed by atoms with E-state index < -0.39 is 0 Å². The SMILES string of the molecule is CC(=O)c1cc(-c2cc(C3CC3)c3c(cnn3C)n2)cs1. The highest BCUT2D eigenvalue weighted by atomic mass is 32.1. The van der Waals surface area contributed by atoms with Crippen molar-refractivity contribution in [1.29, 1.82) is 0 Å². The number of thiophene rings is 1. The smallest absolute Gasteiger partial charge is 0.169 e. The first kappa shape index (κ1) is 12.7. The lowest BCUT2D eigenvalue weighted by Crippen LogP contribution is -1.95. The van der Waals surface area contributed by atoms with E-state index in [2.05, 4.69) is 11.2 Å². The number of Topliss-reactive ketones (excluding diaryl/α,β-unsaturated/α-hetero) is 1. The molecule has 0 aromatic carbocycles. The summed E-state index contributed by atoms with van der Waals surface area (Å²) in [6, 6.07) is 4.11. The predicted molar refractivity (Wildman–Crippen MR) is 83.8 cm³/mol.